The van der Waals surface area contributed by atoms with Gasteiger partial charge in [0.25, 0.3) is 11.5 Å². The minimum absolute atomic E-state index is 0.00279. The predicted molar refractivity (Wildman–Crippen MR) is 133 cm³/mol. The Hall–Kier alpha value is -4.14. The van der Waals surface area contributed by atoms with E-state index >= 15 is 0 Å². The van der Waals surface area contributed by atoms with Crippen LogP contribution in [-0.4, -0.2) is 34.6 Å². The molecule has 1 aliphatic rings. The molecule has 1 aromatic heterocycles. The predicted octanol–water partition coefficient (Wildman–Crippen LogP) is 2.74. The normalized spacial score (nSPS) is 17.2. The largest absolute Gasteiger partial charge is 0.481 e. The van der Waals surface area contributed by atoms with E-state index in [-0.39, 0.29) is 24.1 Å². The molecule has 9 heteroatoms. The molecule has 36 heavy (non-hydrogen) atoms. The van der Waals surface area contributed by atoms with Gasteiger partial charge in [-0.2, -0.15) is 0 Å². The highest BCUT2D eigenvalue weighted by molar-refractivity contribution is 5.95. The summed E-state index contributed by atoms with van der Waals surface area (Å²) in [6, 6.07) is 19.3. The molecule has 0 bridgehead atoms. The van der Waals surface area contributed by atoms with Crippen molar-refractivity contribution in [2.45, 2.75) is 50.8 Å². The topological polar surface area (TPSA) is 119 Å². The van der Waals surface area contributed by atoms with E-state index in [1.165, 1.54) is 5.56 Å². The molecule has 0 spiro atoms. The summed E-state index contributed by atoms with van der Waals surface area (Å²) in [5, 5.41) is 2.94. The van der Waals surface area contributed by atoms with Gasteiger partial charge in [-0.1, -0.05) is 60.7 Å². The molecule has 2 aromatic carbocycles. The Balaban J connectivity index is 1.54. The Morgan fingerprint density at radius 3 is 2.25 bits per heavy atom. The van der Waals surface area contributed by atoms with Crippen molar-refractivity contribution in [3.8, 4) is 5.75 Å². The molecule has 0 aliphatic heterocycles. The maximum Gasteiger partial charge on any atom is 0.329 e. The van der Waals surface area contributed by atoms with Gasteiger partial charge in [0.15, 0.2) is 5.69 Å². The quantitative estimate of drug-likeness (QED) is 0.468. The average molecular weight is 492 g/mol. The summed E-state index contributed by atoms with van der Waals surface area (Å²) in [6.07, 6.45) is 3.39. The number of amides is 1. The van der Waals surface area contributed by atoms with Gasteiger partial charge in [-0.25, -0.2) is 9.36 Å². The van der Waals surface area contributed by atoms with Crippen molar-refractivity contribution in [2.75, 3.05) is 7.11 Å². The van der Waals surface area contributed by atoms with Gasteiger partial charge < -0.3 is 14.8 Å². The highest BCUT2D eigenvalue weighted by Gasteiger charge is 2.27. The lowest BCUT2D eigenvalue weighted by molar-refractivity contribution is -0.141. The monoisotopic (exact) mass is 491 g/mol. The molecular weight excluding hydrogens is 462 g/mol. The minimum Gasteiger partial charge on any atom is -0.481 e. The summed E-state index contributed by atoms with van der Waals surface area (Å²) in [7, 11) is 1.16. The molecule has 9 nitrogen and oxygen atoms in total. The van der Waals surface area contributed by atoms with Gasteiger partial charge in [0.05, 0.1) is 7.11 Å². The number of ether oxygens (including phenoxy) is 2. The maximum atomic E-state index is 13.2. The van der Waals surface area contributed by atoms with Crippen LogP contribution in [0.1, 0.15) is 53.2 Å². The molecule has 1 fully saturated rings. The van der Waals surface area contributed by atoms with Gasteiger partial charge in [0.1, 0.15) is 13.2 Å². The highest BCUT2D eigenvalue weighted by Crippen LogP contribution is 2.32. The van der Waals surface area contributed by atoms with Crippen molar-refractivity contribution < 1.29 is 19.1 Å². The van der Waals surface area contributed by atoms with Gasteiger partial charge in [0, 0.05) is 6.04 Å². The molecule has 1 amide bonds. The lowest BCUT2D eigenvalue weighted by atomic mass is 9.82. The van der Waals surface area contributed by atoms with Crippen LogP contribution in [0, 0.1) is 0 Å². The summed E-state index contributed by atoms with van der Waals surface area (Å²) in [6.45, 7) is -0.597. The summed E-state index contributed by atoms with van der Waals surface area (Å²) in [4.78, 5) is 53.1. The van der Waals surface area contributed by atoms with Crippen LogP contribution in [0.4, 0.5) is 0 Å². The SMILES string of the molecule is COC(=O)Cn1c(=O)[nH]c(C(=O)NC2CCC(c3ccccc3)CC2)c(OCc2ccccc2)c1=O. The zero-order valence-electron chi connectivity index (χ0n) is 20.1. The fourth-order valence-electron chi connectivity index (χ4n) is 4.47. The zero-order chi connectivity index (χ0) is 25.5. The van der Waals surface area contributed by atoms with Gasteiger partial charge in [-0.3, -0.25) is 19.4 Å². The number of aromatic amines is 1. The number of benzene rings is 2. The van der Waals surface area contributed by atoms with Crippen molar-refractivity contribution >= 4 is 11.9 Å². The molecule has 0 saturated heterocycles. The van der Waals surface area contributed by atoms with Crippen molar-refractivity contribution in [2.24, 2.45) is 0 Å². The van der Waals surface area contributed by atoms with E-state index in [0.717, 1.165) is 38.4 Å². The first-order valence-electron chi connectivity index (χ1n) is 11.9. The fourth-order valence-corrected chi connectivity index (χ4v) is 4.47. The first-order valence-corrected chi connectivity index (χ1v) is 11.9. The summed E-state index contributed by atoms with van der Waals surface area (Å²) in [5.74, 6) is -1.26. The van der Waals surface area contributed by atoms with Gasteiger partial charge in [0.2, 0.25) is 5.75 Å². The molecule has 1 aliphatic carbocycles. The van der Waals surface area contributed by atoms with Gasteiger partial charge >= 0.3 is 11.7 Å². The fraction of sp³-hybridized carbons (Fsp3) is 0.333. The van der Waals surface area contributed by atoms with Crippen LogP contribution in [0.3, 0.4) is 0 Å². The molecule has 2 N–H and O–H groups in total. The molecular formula is C27H29N3O6. The third kappa shape index (κ3) is 5.91. The van der Waals surface area contributed by atoms with E-state index in [0.29, 0.717) is 10.5 Å². The van der Waals surface area contributed by atoms with E-state index in [2.05, 4.69) is 27.2 Å². The second kappa shape index (κ2) is 11.5. The standard InChI is InChI=1S/C27H29N3O6/c1-35-22(31)16-30-26(33)24(36-17-18-8-4-2-5-9-18)23(29-27(30)34)25(32)28-21-14-12-20(13-15-21)19-10-6-3-7-11-19/h2-11,20-21H,12-17H2,1H3,(H,28,32)(H,29,34). The number of hydrogen-bond donors (Lipinski definition) is 2. The number of carbonyl (C=O) groups excluding carboxylic acids is 2. The number of hydrogen-bond acceptors (Lipinski definition) is 6. The molecule has 4 rings (SSSR count). The molecule has 3 aromatic rings. The summed E-state index contributed by atoms with van der Waals surface area (Å²) >= 11 is 0. The van der Waals surface area contributed by atoms with E-state index in [4.69, 9.17) is 4.74 Å². The molecule has 1 saturated carbocycles. The van der Waals surface area contributed by atoms with Crippen LogP contribution in [0.5, 0.6) is 5.75 Å². The Labute approximate surface area is 208 Å². The number of aromatic nitrogens is 2. The van der Waals surface area contributed by atoms with Crippen molar-refractivity contribution in [3.63, 3.8) is 0 Å². The lowest BCUT2D eigenvalue weighted by Gasteiger charge is -2.29. The Bertz CT molecular complexity index is 1310. The first kappa shape index (κ1) is 25.0. The highest BCUT2D eigenvalue weighted by atomic mass is 16.5. The third-order valence-electron chi connectivity index (χ3n) is 6.44. The summed E-state index contributed by atoms with van der Waals surface area (Å²) < 4.78 is 11.0. The van der Waals surface area contributed by atoms with Crippen LogP contribution in [0.15, 0.2) is 70.3 Å². The van der Waals surface area contributed by atoms with Crippen LogP contribution >= 0.6 is 0 Å². The van der Waals surface area contributed by atoms with Crippen LogP contribution in [-0.2, 0) is 22.7 Å². The Morgan fingerprint density at radius 1 is 0.972 bits per heavy atom. The smallest absolute Gasteiger partial charge is 0.329 e. The van der Waals surface area contributed by atoms with Gasteiger partial charge in [-0.15, -0.1) is 0 Å². The van der Waals surface area contributed by atoms with Crippen LogP contribution in [0.2, 0.25) is 0 Å². The van der Waals surface area contributed by atoms with Crippen molar-refractivity contribution in [3.05, 3.63) is 98.3 Å². The second-order valence-corrected chi connectivity index (χ2v) is 8.81. The third-order valence-corrected chi connectivity index (χ3v) is 6.44. The Morgan fingerprint density at radius 2 is 1.61 bits per heavy atom. The number of H-pyrrole nitrogens is 1. The minimum atomic E-state index is -0.893. The van der Waals surface area contributed by atoms with Crippen molar-refractivity contribution in [1.29, 1.82) is 0 Å². The maximum absolute atomic E-state index is 13.2. The number of methoxy groups -OCH3 is 1. The van der Waals surface area contributed by atoms with Gasteiger partial charge in [-0.05, 0) is 42.7 Å². The average Bonchev–Trinajstić information content (AvgIpc) is 2.91. The number of nitrogens with one attached hydrogen (secondary N) is 2. The molecule has 0 radical (unpaired) electrons. The molecule has 0 unspecified atom stereocenters. The van der Waals surface area contributed by atoms with Crippen LogP contribution in [0.25, 0.3) is 0 Å². The number of carbonyl (C=O) groups is 2. The lowest BCUT2D eigenvalue weighted by Crippen LogP contribution is -2.43. The van der Waals surface area contributed by atoms with E-state index in [1.54, 1.807) is 0 Å². The van der Waals surface area contributed by atoms with E-state index < -0.39 is 29.7 Å². The molecule has 188 valence electrons. The Kier molecular flexibility index (Phi) is 7.99. The number of rotatable bonds is 8. The number of esters is 1. The first-order chi connectivity index (χ1) is 17.5. The van der Waals surface area contributed by atoms with Crippen LogP contribution < -0.4 is 21.3 Å². The number of nitrogens with zero attached hydrogens (tertiary/aromatic N) is 1. The summed E-state index contributed by atoms with van der Waals surface area (Å²) in [5.41, 5.74) is 0.0336. The zero-order valence-corrected chi connectivity index (χ0v) is 20.1. The molecule has 0 atom stereocenters. The molecule has 1 heterocycles. The van der Waals surface area contributed by atoms with Crippen molar-refractivity contribution in [1.82, 2.24) is 14.9 Å². The van der Waals surface area contributed by atoms with E-state index in [9.17, 15) is 19.2 Å². The van der Waals surface area contributed by atoms with E-state index in [1.807, 2.05) is 48.5 Å². The second-order valence-electron chi connectivity index (χ2n) is 8.81.